The van der Waals surface area contributed by atoms with E-state index in [9.17, 15) is 23.9 Å². The lowest BCUT2D eigenvalue weighted by atomic mass is 9.91. The number of hydrogen-bond donors (Lipinski definition) is 2. The molecule has 2 N–H and O–H groups in total. The second-order valence-corrected chi connectivity index (χ2v) is 11.9. The molecule has 2 aliphatic heterocycles. The van der Waals surface area contributed by atoms with E-state index in [1.807, 2.05) is 4.90 Å². The zero-order valence-electron chi connectivity index (χ0n) is 24.9. The number of carboxylic acids is 1. The number of ether oxygens (including phenoxy) is 1. The summed E-state index contributed by atoms with van der Waals surface area (Å²) in [6, 6.07) is 0.189. The van der Waals surface area contributed by atoms with E-state index in [4.69, 9.17) is 11.2 Å². The molecule has 2 aliphatic rings. The van der Waals surface area contributed by atoms with Gasteiger partial charge in [0.2, 0.25) is 0 Å². The van der Waals surface area contributed by atoms with Gasteiger partial charge in [0.15, 0.2) is 10.8 Å². The van der Waals surface area contributed by atoms with Crippen LogP contribution in [0.3, 0.4) is 0 Å². The number of nitrogens with one attached hydrogen (secondary N) is 1. The van der Waals surface area contributed by atoms with Crippen LogP contribution in [-0.4, -0.2) is 102 Å². The Labute approximate surface area is 258 Å². The number of terminal acetylenes is 1. The average Bonchev–Trinajstić information content (AvgIpc) is 3.51. The lowest BCUT2D eigenvalue weighted by molar-refractivity contribution is -0.147. The van der Waals surface area contributed by atoms with Gasteiger partial charge in [-0.15, -0.1) is 17.8 Å². The van der Waals surface area contributed by atoms with Gasteiger partial charge in [-0.2, -0.15) is 0 Å². The second-order valence-electron chi connectivity index (χ2n) is 11.0. The molecule has 0 radical (unpaired) electrons. The summed E-state index contributed by atoms with van der Waals surface area (Å²) in [7, 11) is 1.57. The maximum atomic E-state index is 15.4. The van der Waals surface area contributed by atoms with Crippen molar-refractivity contribution in [1.82, 2.24) is 25.0 Å². The standard InChI is InChI=1S/C30H34F2N6O5S/c1-6-18-14-19(31)15-20(32)22(18)24-23(27(39)43-7-2)21(34-25(35-24)26-33-8-13-44-26)16-37-9-11-38(12-10-37)29(42)36(5)17-30(3,4)28(40)41/h1,8,13-15,24H,7,9-12,16-17H2,2-5H3,(H,34,35)(H,40,41)/t24-/m0/s1. The number of benzene rings is 1. The smallest absolute Gasteiger partial charge is 0.338 e. The Kier molecular flexibility index (Phi) is 10.0. The molecule has 1 aromatic heterocycles. The van der Waals surface area contributed by atoms with Gasteiger partial charge in [0.05, 0.1) is 17.6 Å². The molecule has 3 heterocycles. The molecule has 0 saturated carbocycles. The lowest BCUT2D eigenvalue weighted by Gasteiger charge is -2.38. The van der Waals surface area contributed by atoms with Crippen LogP contribution in [0.2, 0.25) is 0 Å². The number of amidine groups is 1. The molecule has 1 atom stereocenters. The Hall–Kier alpha value is -4.35. The Balaban J connectivity index is 1.64. The van der Waals surface area contributed by atoms with E-state index < -0.39 is 35.0 Å². The van der Waals surface area contributed by atoms with Gasteiger partial charge >= 0.3 is 18.0 Å². The van der Waals surface area contributed by atoms with Gasteiger partial charge < -0.3 is 25.0 Å². The van der Waals surface area contributed by atoms with Gasteiger partial charge in [0.1, 0.15) is 17.7 Å². The summed E-state index contributed by atoms with van der Waals surface area (Å²) in [6.07, 6.45) is 7.22. The minimum atomic E-state index is -1.25. The number of carbonyl (C=O) groups excluding carboxylic acids is 2. The number of aromatic nitrogens is 1. The number of carboxylic acid groups (broad SMARTS) is 1. The molecule has 1 fully saturated rings. The van der Waals surface area contributed by atoms with Crippen molar-refractivity contribution in [1.29, 1.82) is 0 Å². The summed E-state index contributed by atoms with van der Waals surface area (Å²) < 4.78 is 34.9. The molecule has 2 amide bonds. The minimum Gasteiger partial charge on any atom is -0.481 e. The number of carbonyl (C=O) groups is 3. The third-order valence-electron chi connectivity index (χ3n) is 7.34. The number of aliphatic imine (C=N–C) groups is 1. The van der Waals surface area contributed by atoms with Crippen LogP contribution in [0.1, 0.15) is 42.9 Å². The van der Waals surface area contributed by atoms with Crippen LogP contribution in [0.5, 0.6) is 0 Å². The fourth-order valence-corrected chi connectivity index (χ4v) is 5.69. The predicted octanol–water partition coefficient (Wildman–Crippen LogP) is 3.09. The molecular formula is C30H34F2N6O5S. The first kappa shape index (κ1) is 32.6. The van der Waals surface area contributed by atoms with Crippen molar-refractivity contribution in [3.63, 3.8) is 0 Å². The third-order valence-corrected chi connectivity index (χ3v) is 8.12. The van der Waals surface area contributed by atoms with Crippen molar-refractivity contribution in [2.75, 3.05) is 52.9 Å². The molecule has 44 heavy (non-hydrogen) atoms. The van der Waals surface area contributed by atoms with E-state index in [0.717, 1.165) is 6.07 Å². The molecule has 0 aliphatic carbocycles. The number of piperazine rings is 1. The van der Waals surface area contributed by atoms with Crippen molar-refractivity contribution in [2.45, 2.75) is 26.8 Å². The molecule has 0 bridgehead atoms. The van der Waals surface area contributed by atoms with Gasteiger partial charge in [-0.1, -0.05) is 5.92 Å². The van der Waals surface area contributed by atoms with E-state index in [-0.39, 0.29) is 48.3 Å². The number of amides is 2. The topological polar surface area (TPSA) is 128 Å². The molecule has 0 spiro atoms. The summed E-state index contributed by atoms with van der Waals surface area (Å²) in [6.45, 7) is 6.60. The number of rotatable bonds is 9. The molecule has 1 aromatic carbocycles. The van der Waals surface area contributed by atoms with Crippen molar-refractivity contribution < 1.29 is 33.0 Å². The van der Waals surface area contributed by atoms with Crippen LogP contribution < -0.4 is 5.32 Å². The van der Waals surface area contributed by atoms with Crippen LogP contribution >= 0.6 is 11.3 Å². The zero-order valence-corrected chi connectivity index (χ0v) is 25.7. The summed E-state index contributed by atoms with van der Waals surface area (Å²) >= 11 is 1.29. The molecule has 0 unspecified atom stereocenters. The van der Waals surface area contributed by atoms with Crippen LogP contribution in [0.25, 0.3) is 0 Å². The fourth-order valence-electron chi connectivity index (χ4n) is 5.10. The van der Waals surface area contributed by atoms with Crippen LogP contribution in [0.4, 0.5) is 13.6 Å². The van der Waals surface area contributed by atoms with Crippen molar-refractivity contribution in [2.24, 2.45) is 10.4 Å². The van der Waals surface area contributed by atoms with Crippen LogP contribution in [-0.2, 0) is 14.3 Å². The number of hydrogen-bond acceptors (Lipinski definition) is 9. The Morgan fingerprint density at radius 3 is 2.55 bits per heavy atom. The molecule has 234 valence electrons. The normalized spacial score (nSPS) is 17.4. The molecule has 11 nitrogen and oxygen atoms in total. The van der Waals surface area contributed by atoms with Gasteiger partial charge in [-0.05, 0) is 26.8 Å². The molecular weight excluding hydrogens is 594 g/mol. The number of urea groups is 1. The van der Waals surface area contributed by atoms with Gasteiger partial charge in [-0.25, -0.2) is 23.4 Å². The van der Waals surface area contributed by atoms with Gasteiger partial charge in [0.25, 0.3) is 0 Å². The molecule has 2 aromatic rings. The maximum absolute atomic E-state index is 15.4. The van der Waals surface area contributed by atoms with Crippen LogP contribution in [0.15, 0.2) is 40.0 Å². The van der Waals surface area contributed by atoms with E-state index in [1.165, 1.54) is 16.2 Å². The lowest BCUT2D eigenvalue weighted by Crippen LogP contribution is -2.54. The number of thiazole rings is 1. The van der Waals surface area contributed by atoms with Crippen molar-refractivity contribution in [3.8, 4) is 12.3 Å². The van der Waals surface area contributed by atoms with Crippen molar-refractivity contribution in [3.05, 3.63) is 62.7 Å². The first-order valence-corrected chi connectivity index (χ1v) is 14.8. The Morgan fingerprint density at radius 2 is 1.95 bits per heavy atom. The van der Waals surface area contributed by atoms with Crippen molar-refractivity contribution >= 4 is 35.1 Å². The number of esters is 1. The highest BCUT2D eigenvalue weighted by Crippen LogP contribution is 2.36. The first-order valence-electron chi connectivity index (χ1n) is 13.9. The van der Waals surface area contributed by atoms with E-state index in [0.29, 0.717) is 43.0 Å². The largest absolute Gasteiger partial charge is 0.481 e. The highest BCUT2D eigenvalue weighted by molar-refractivity contribution is 7.11. The molecule has 1 saturated heterocycles. The first-order chi connectivity index (χ1) is 20.9. The maximum Gasteiger partial charge on any atom is 0.338 e. The SMILES string of the molecule is C#Cc1cc(F)cc(F)c1[C@@H]1N=C(c2nccs2)NC(CN2CCN(C(=O)N(C)CC(C)(C)C(=O)O)CC2)=C1C(=O)OCC. The molecule has 4 rings (SSSR count). The summed E-state index contributed by atoms with van der Waals surface area (Å²) in [5, 5.41) is 14.9. The monoisotopic (exact) mass is 628 g/mol. The van der Waals surface area contributed by atoms with E-state index in [2.05, 4.69) is 21.2 Å². The number of aliphatic carboxylic acids is 1. The summed E-state index contributed by atoms with van der Waals surface area (Å²) in [5.41, 5.74) is -0.901. The van der Waals surface area contributed by atoms with Crippen LogP contribution in [0, 0.1) is 29.4 Å². The van der Waals surface area contributed by atoms with Gasteiger partial charge in [0, 0.05) is 80.8 Å². The highest BCUT2D eigenvalue weighted by atomic mass is 32.1. The number of nitrogens with zero attached hydrogens (tertiary/aromatic N) is 5. The molecule has 14 heteroatoms. The quantitative estimate of drug-likeness (QED) is 0.321. The van der Waals surface area contributed by atoms with E-state index >= 15 is 4.39 Å². The number of halogens is 2. The fraction of sp³-hybridized carbons (Fsp3) is 0.433. The summed E-state index contributed by atoms with van der Waals surface area (Å²) in [4.78, 5) is 52.0. The second kappa shape index (κ2) is 13.5. The van der Waals surface area contributed by atoms with Gasteiger partial charge in [-0.3, -0.25) is 14.7 Å². The summed E-state index contributed by atoms with van der Waals surface area (Å²) in [5.74, 6) is -0.933. The predicted molar refractivity (Wildman–Crippen MR) is 160 cm³/mol. The Bertz CT molecular complexity index is 1530. The Morgan fingerprint density at radius 1 is 1.25 bits per heavy atom. The zero-order chi connectivity index (χ0) is 32.2. The third kappa shape index (κ3) is 7.06. The highest BCUT2D eigenvalue weighted by Gasteiger charge is 2.37. The minimum absolute atomic E-state index is 0.0308. The average molecular weight is 629 g/mol. The van der Waals surface area contributed by atoms with E-state index in [1.54, 1.807) is 44.3 Å².